The van der Waals surface area contributed by atoms with Crippen molar-refractivity contribution in [3.63, 3.8) is 0 Å². The summed E-state index contributed by atoms with van der Waals surface area (Å²) in [6.07, 6.45) is -2.78. The van der Waals surface area contributed by atoms with Gasteiger partial charge in [-0.1, -0.05) is 15.9 Å². The first-order valence-electron chi connectivity index (χ1n) is 3.70. The molecule has 1 rings (SSSR count). The van der Waals surface area contributed by atoms with Crippen LogP contribution in [0.5, 0.6) is 0 Å². The Bertz CT molecular complexity index is 392. The summed E-state index contributed by atoms with van der Waals surface area (Å²) in [5.74, 6) is 0. The van der Waals surface area contributed by atoms with Crippen molar-refractivity contribution in [2.24, 2.45) is 0 Å². The first-order valence-corrected chi connectivity index (χ1v) is 6.08. The van der Waals surface area contributed by atoms with Crippen molar-refractivity contribution in [1.29, 1.82) is 0 Å². The van der Waals surface area contributed by atoms with Gasteiger partial charge in [0, 0.05) is 4.47 Å². The number of halogens is 6. The van der Waals surface area contributed by atoms with Crippen LogP contribution in [0.2, 0.25) is 0 Å². The fraction of sp³-hybridized carbons (Fsp3) is 0.111. The minimum Gasteiger partial charge on any atom is -0.166 e. The summed E-state index contributed by atoms with van der Waals surface area (Å²) < 4.78 is 38.3. The lowest BCUT2D eigenvalue weighted by Gasteiger charge is -2.08. The molecule has 0 radical (unpaired) electrons. The predicted molar refractivity (Wildman–Crippen MR) is 65.0 cm³/mol. The van der Waals surface area contributed by atoms with E-state index in [1.807, 2.05) is 0 Å². The minimum absolute atomic E-state index is 0.452. The lowest BCUT2D eigenvalue weighted by Crippen LogP contribution is -2.04. The van der Waals surface area contributed by atoms with Gasteiger partial charge in [0.15, 0.2) is 0 Å². The molecule has 0 unspecified atom stereocenters. The van der Waals surface area contributed by atoms with Gasteiger partial charge in [-0.2, -0.15) is 13.2 Å². The van der Waals surface area contributed by atoms with E-state index >= 15 is 0 Å². The molecule has 0 aromatic heterocycles. The first kappa shape index (κ1) is 13.3. The average Bonchev–Trinajstić information content (AvgIpc) is 2.06. The second-order valence-electron chi connectivity index (χ2n) is 2.67. The highest BCUT2D eigenvalue weighted by Crippen LogP contribution is 2.33. The highest BCUT2D eigenvalue weighted by molar-refractivity contribution is 9.28. The van der Waals surface area contributed by atoms with Gasteiger partial charge in [0.25, 0.3) is 0 Å². The second-order valence-corrected chi connectivity index (χ2v) is 6.30. The van der Waals surface area contributed by atoms with Crippen LogP contribution in [-0.2, 0) is 6.18 Å². The molecule has 0 saturated carbocycles. The Labute approximate surface area is 110 Å². The van der Waals surface area contributed by atoms with Gasteiger partial charge in [-0.15, -0.1) is 0 Å². The van der Waals surface area contributed by atoms with Gasteiger partial charge in [0.05, 0.1) is 8.96 Å². The molecule has 0 fully saturated rings. The third kappa shape index (κ3) is 3.92. The maximum absolute atomic E-state index is 12.4. The van der Waals surface area contributed by atoms with Crippen molar-refractivity contribution in [1.82, 2.24) is 0 Å². The van der Waals surface area contributed by atoms with E-state index < -0.39 is 11.7 Å². The highest BCUT2D eigenvalue weighted by Gasteiger charge is 2.30. The molecule has 6 heteroatoms. The van der Waals surface area contributed by atoms with Crippen LogP contribution in [-0.4, -0.2) is 0 Å². The standard InChI is InChI=1S/C9H4Br3F3/c10-7-2-1-6(9(13,14)15)3-5(7)4-8(11)12/h1-4H. The van der Waals surface area contributed by atoms with Crippen LogP contribution in [0.4, 0.5) is 13.2 Å². The molecule has 0 N–H and O–H groups in total. The molecule has 1 aromatic carbocycles. The van der Waals surface area contributed by atoms with E-state index in [-0.39, 0.29) is 0 Å². The molecule has 82 valence electrons. The molecule has 0 aliphatic carbocycles. The third-order valence-electron chi connectivity index (χ3n) is 1.59. The zero-order chi connectivity index (χ0) is 11.6. The first-order chi connectivity index (χ1) is 6.80. The minimum atomic E-state index is -4.32. The molecule has 0 nitrogen and oxygen atoms in total. The quantitative estimate of drug-likeness (QED) is 0.571. The van der Waals surface area contributed by atoms with Gasteiger partial charge in [-0.25, -0.2) is 0 Å². The maximum atomic E-state index is 12.4. The molecule has 0 bridgehead atoms. The van der Waals surface area contributed by atoms with E-state index in [1.165, 1.54) is 6.07 Å². The van der Waals surface area contributed by atoms with Crippen LogP contribution in [0.15, 0.2) is 26.1 Å². The van der Waals surface area contributed by atoms with Crippen LogP contribution >= 0.6 is 47.8 Å². The molecule has 0 spiro atoms. The fourth-order valence-electron chi connectivity index (χ4n) is 0.948. The molecular weight excluding hydrogens is 405 g/mol. The lowest BCUT2D eigenvalue weighted by atomic mass is 10.1. The topological polar surface area (TPSA) is 0 Å². The Morgan fingerprint density at radius 3 is 2.27 bits per heavy atom. The molecule has 1 aromatic rings. The molecule has 0 heterocycles. The molecule has 0 saturated heterocycles. The van der Waals surface area contributed by atoms with E-state index in [0.29, 0.717) is 13.4 Å². The van der Waals surface area contributed by atoms with Crippen molar-refractivity contribution >= 4 is 53.9 Å². The van der Waals surface area contributed by atoms with E-state index in [9.17, 15) is 13.2 Å². The average molecular weight is 409 g/mol. The Balaban J connectivity index is 3.23. The second kappa shape index (κ2) is 5.01. The summed E-state index contributed by atoms with van der Waals surface area (Å²) >= 11 is 9.36. The normalized spacial score (nSPS) is 11.3. The molecule has 0 atom stereocenters. The number of benzene rings is 1. The van der Waals surface area contributed by atoms with E-state index in [1.54, 1.807) is 6.08 Å². The summed E-state index contributed by atoms with van der Waals surface area (Å²) in [7, 11) is 0. The summed E-state index contributed by atoms with van der Waals surface area (Å²) in [5, 5.41) is 0. The molecular formula is C9H4Br3F3. The number of hydrogen-bond donors (Lipinski definition) is 0. The highest BCUT2D eigenvalue weighted by atomic mass is 79.9. The third-order valence-corrected chi connectivity index (χ3v) is 2.77. The van der Waals surface area contributed by atoms with Crippen LogP contribution in [0.3, 0.4) is 0 Å². The summed E-state index contributed by atoms with van der Waals surface area (Å²) in [5.41, 5.74) is -0.216. The summed E-state index contributed by atoms with van der Waals surface area (Å²) in [6.45, 7) is 0. The van der Waals surface area contributed by atoms with E-state index in [0.717, 1.165) is 12.1 Å². The Kier molecular flexibility index (Phi) is 4.43. The fourth-order valence-corrected chi connectivity index (χ4v) is 1.80. The monoisotopic (exact) mass is 406 g/mol. The summed E-state index contributed by atoms with van der Waals surface area (Å²) in [6, 6.07) is 3.48. The number of rotatable bonds is 1. The van der Waals surface area contributed by atoms with Gasteiger partial charge in [-0.3, -0.25) is 0 Å². The molecule has 0 amide bonds. The Morgan fingerprint density at radius 1 is 1.20 bits per heavy atom. The van der Waals surface area contributed by atoms with Crippen LogP contribution in [0, 0.1) is 0 Å². The molecule has 0 aliphatic heterocycles. The Hall–Kier alpha value is 0.190. The van der Waals surface area contributed by atoms with Gasteiger partial charge in [0.2, 0.25) is 0 Å². The predicted octanol–water partition coefficient (Wildman–Crippen LogP) is 5.56. The van der Waals surface area contributed by atoms with Crippen LogP contribution < -0.4 is 0 Å². The van der Waals surface area contributed by atoms with Gasteiger partial charge < -0.3 is 0 Å². The van der Waals surface area contributed by atoms with Crippen molar-refractivity contribution < 1.29 is 13.2 Å². The van der Waals surface area contributed by atoms with Crippen molar-refractivity contribution in [2.75, 3.05) is 0 Å². The largest absolute Gasteiger partial charge is 0.416 e. The number of hydrogen-bond acceptors (Lipinski definition) is 0. The van der Waals surface area contributed by atoms with E-state index in [4.69, 9.17) is 0 Å². The molecule has 0 aliphatic rings. The van der Waals surface area contributed by atoms with Crippen LogP contribution in [0.25, 0.3) is 6.08 Å². The number of alkyl halides is 3. The van der Waals surface area contributed by atoms with Crippen molar-refractivity contribution in [2.45, 2.75) is 6.18 Å². The smallest absolute Gasteiger partial charge is 0.166 e. The zero-order valence-electron chi connectivity index (χ0n) is 7.08. The van der Waals surface area contributed by atoms with Crippen LogP contribution in [0.1, 0.15) is 11.1 Å². The maximum Gasteiger partial charge on any atom is 0.416 e. The van der Waals surface area contributed by atoms with Crippen molar-refractivity contribution in [3.8, 4) is 0 Å². The molecule has 15 heavy (non-hydrogen) atoms. The van der Waals surface area contributed by atoms with Gasteiger partial charge in [0.1, 0.15) is 0 Å². The van der Waals surface area contributed by atoms with Gasteiger partial charge >= 0.3 is 6.18 Å². The van der Waals surface area contributed by atoms with E-state index in [2.05, 4.69) is 47.8 Å². The van der Waals surface area contributed by atoms with Gasteiger partial charge in [-0.05, 0) is 61.7 Å². The summed E-state index contributed by atoms with van der Waals surface area (Å²) in [4.78, 5) is 0. The van der Waals surface area contributed by atoms with Crippen molar-refractivity contribution in [3.05, 3.63) is 37.2 Å². The lowest BCUT2D eigenvalue weighted by molar-refractivity contribution is -0.137. The SMILES string of the molecule is FC(F)(F)c1ccc(Br)c(C=C(Br)Br)c1. The zero-order valence-corrected chi connectivity index (χ0v) is 11.8. The Morgan fingerprint density at radius 2 is 1.80 bits per heavy atom.